The first-order valence-corrected chi connectivity index (χ1v) is 8.80. The standard InChI is InChI=1S/C21H26O3/c1-4-5-6-7-8-17-18-11-9-15(22-2)13-20(18)24-21-14-16(23-3)10-12-19(17)21/h9-14,17H,4-8H2,1-3H3. The van der Waals surface area contributed by atoms with Crippen molar-refractivity contribution in [2.24, 2.45) is 0 Å². The highest BCUT2D eigenvalue weighted by Gasteiger charge is 2.27. The van der Waals surface area contributed by atoms with Gasteiger partial charge in [0.2, 0.25) is 0 Å². The van der Waals surface area contributed by atoms with Crippen LogP contribution < -0.4 is 14.2 Å². The average molecular weight is 326 g/mol. The van der Waals surface area contributed by atoms with Gasteiger partial charge in [0.1, 0.15) is 23.0 Å². The Hall–Kier alpha value is -2.16. The largest absolute Gasteiger partial charge is 0.497 e. The number of rotatable bonds is 7. The number of fused-ring (bicyclic) bond motifs is 2. The lowest BCUT2D eigenvalue weighted by Gasteiger charge is -2.29. The van der Waals surface area contributed by atoms with Gasteiger partial charge in [-0.15, -0.1) is 0 Å². The van der Waals surface area contributed by atoms with E-state index < -0.39 is 0 Å². The van der Waals surface area contributed by atoms with Crippen LogP contribution in [-0.4, -0.2) is 14.2 Å². The lowest BCUT2D eigenvalue weighted by Crippen LogP contribution is -2.11. The fourth-order valence-corrected chi connectivity index (χ4v) is 3.41. The van der Waals surface area contributed by atoms with E-state index in [9.17, 15) is 0 Å². The molecule has 0 amide bonds. The summed E-state index contributed by atoms with van der Waals surface area (Å²) in [6, 6.07) is 12.3. The Morgan fingerprint density at radius 3 is 1.92 bits per heavy atom. The molecule has 1 heterocycles. The van der Waals surface area contributed by atoms with Crippen LogP contribution in [0, 0.1) is 0 Å². The van der Waals surface area contributed by atoms with E-state index in [1.165, 1.54) is 36.8 Å². The summed E-state index contributed by atoms with van der Waals surface area (Å²) in [5.41, 5.74) is 2.51. The Morgan fingerprint density at radius 1 is 0.833 bits per heavy atom. The van der Waals surface area contributed by atoms with Gasteiger partial charge in [0.15, 0.2) is 0 Å². The van der Waals surface area contributed by atoms with Crippen LogP contribution in [0.4, 0.5) is 0 Å². The highest BCUT2D eigenvalue weighted by Crippen LogP contribution is 2.48. The highest BCUT2D eigenvalue weighted by molar-refractivity contribution is 5.57. The van der Waals surface area contributed by atoms with Crippen LogP contribution in [0.15, 0.2) is 36.4 Å². The van der Waals surface area contributed by atoms with Gasteiger partial charge in [0.25, 0.3) is 0 Å². The summed E-state index contributed by atoms with van der Waals surface area (Å²) in [6.45, 7) is 2.25. The molecule has 0 aliphatic carbocycles. The minimum Gasteiger partial charge on any atom is -0.497 e. The van der Waals surface area contributed by atoms with Crippen molar-refractivity contribution in [1.29, 1.82) is 0 Å². The highest BCUT2D eigenvalue weighted by atomic mass is 16.5. The summed E-state index contributed by atoms with van der Waals surface area (Å²) < 4.78 is 16.9. The smallest absolute Gasteiger partial charge is 0.134 e. The normalized spacial score (nSPS) is 13.0. The van der Waals surface area contributed by atoms with Crippen molar-refractivity contribution in [2.45, 2.75) is 44.9 Å². The van der Waals surface area contributed by atoms with Gasteiger partial charge < -0.3 is 14.2 Å². The molecule has 1 aliphatic heterocycles. The molecule has 0 fully saturated rings. The van der Waals surface area contributed by atoms with E-state index in [-0.39, 0.29) is 0 Å². The second-order valence-corrected chi connectivity index (χ2v) is 6.31. The summed E-state index contributed by atoms with van der Waals surface area (Å²) in [5.74, 6) is 3.82. The number of unbranched alkanes of at least 4 members (excludes halogenated alkanes) is 3. The van der Waals surface area contributed by atoms with E-state index in [1.54, 1.807) is 14.2 Å². The van der Waals surface area contributed by atoms with Crippen LogP contribution in [0.1, 0.15) is 56.1 Å². The molecule has 0 aromatic heterocycles. The molecule has 2 aromatic carbocycles. The molecule has 0 saturated heterocycles. The minimum absolute atomic E-state index is 0.373. The molecular formula is C21H26O3. The van der Waals surface area contributed by atoms with Crippen LogP contribution in [0.25, 0.3) is 0 Å². The number of hydrogen-bond acceptors (Lipinski definition) is 3. The topological polar surface area (TPSA) is 27.7 Å². The molecule has 3 rings (SSSR count). The molecule has 0 atom stereocenters. The molecule has 2 aromatic rings. The SMILES string of the molecule is CCCCCCC1c2ccc(OC)cc2Oc2cc(OC)ccc21. The zero-order valence-corrected chi connectivity index (χ0v) is 14.8. The zero-order valence-electron chi connectivity index (χ0n) is 14.8. The molecule has 0 N–H and O–H groups in total. The fraction of sp³-hybridized carbons (Fsp3) is 0.429. The lowest BCUT2D eigenvalue weighted by molar-refractivity contribution is 0.393. The van der Waals surface area contributed by atoms with E-state index >= 15 is 0 Å². The number of ether oxygens (including phenoxy) is 3. The maximum absolute atomic E-state index is 6.16. The molecule has 1 aliphatic rings. The second kappa shape index (κ2) is 7.61. The van der Waals surface area contributed by atoms with Crippen molar-refractivity contribution >= 4 is 0 Å². The molecule has 3 heteroatoms. The monoisotopic (exact) mass is 326 g/mol. The van der Waals surface area contributed by atoms with Gasteiger partial charge in [0.05, 0.1) is 14.2 Å². The summed E-state index contributed by atoms with van der Waals surface area (Å²) >= 11 is 0. The second-order valence-electron chi connectivity index (χ2n) is 6.31. The number of methoxy groups -OCH3 is 2. The Labute approximate surface area is 144 Å². The fourth-order valence-electron chi connectivity index (χ4n) is 3.41. The van der Waals surface area contributed by atoms with Crippen molar-refractivity contribution in [2.75, 3.05) is 14.2 Å². The third kappa shape index (κ3) is 3.35. The Balaban J connectivity index is 1.94. The molecular weight excluding hydrogens is 300 g/mol. The van der Waals surface area contributed by atoms with E-state index in [0.717, 1.165) is 29.4 Å². The van der Waals surface area contributed by atoms with Crippen LogP contribution in [-0.2, 0) is 0 Å². The Bertz CT molecular complexity index is 640. The van der Waals surface area contributed by atoms with Gasteiger partial charge in [-0.1, -0.05) is 44.7 Å². The van der Waals surface area contributed by atoms with Gasteiger partial charge in [0, 0.05) is 29.2 Å². The predicted octanol–water partition coefficient (Wildman–Crippen LogP) is 5.91. The number of hydrogen-bond donors (Lipinski definition) is 0. The maximum atomic E-state index is 6.16. The molecule has 0 bridgehead atoms. The third-order valence-electron chi connectivity index (χ3n) is 4.76. The quantitative estimate of drug-likeness (QED) is 0.592. The van der Waals surface area contributed by atoms with E-state index in [0.29, 0.717) is 5.92 Å². The predicted molar refractivity (Wildman–Crippen MR) is 96.7 cm³/mol. The van der Waals surface area contributed by atoms with Crippen molar-refractivity contribution in [3.8, 4) is 23.0 Å². The first-order valence-electron chi connectivity index (χ1n) is 8.80. The Morgan fingerprint density at radius 2 is 1.42 bits per heavy atom. The molecule has 128 valence electrons. The summed E-state index contributed by atoms with van der Waals surface area (Å²) in [6.07, 6.45) is 6.21. The van der Waals surface area contributed by atoms with Crippen molar-refractivity contribution < 1.29 is 14.2 Å². The van der Waals surface area contributed by atoms with Crippen LogP contribution in [0.3, 0.4) is 0 Å². The molecule has 0 unspecified atom stereocenters. The first kappa shape index (κ1) is 16.7. The van der Waals surface area contributed by atoms with Gasteiger partial charge in [-0.25, -0.2) is 0 Å². The minimum atomic E-state index is 0.373. The zero-order chi connectivity index (χ0) is 16.9. The Kier molecular flexibility index (Phi) is 5.29. The first-order chi connectivity index (χ1) is 11.8. The molecule has 0 spiro atoms. The average Bonchev–Trinajstić information content (AvgIpc) is 2.63. The van der Waals surface area contributed by atoms with Crippen LogP contribution in [0.5, 0.6) is 23.0 Å². The van der Waals surface area contributed by atoms with Crippen molar-refractivity contribution in [3.05, 3.63) is 47.5 Å². The molecule has 3 nitrogen and oxygen atoms in total. The van der Waals surface area contributed by atoms with Crippen LogP contribution >= 0.6 is 0 Å². The van der Waals surface area contributed by atoms with Gasteiger partial charge in [-0.2, -0.15) is 0 Å². The lowest BCUT2D eigenvalue weighted by atomic mass is 9.84. The van der Waals surface area contributed by atoms with Crippen molar-refractivity contribution in [1.82, 2.24) is 0 Å². The molecule has 24 heavy (non-hydrogen) atoms. The van der Waals surface area contributed by atoms with E-state index in [4.69, 9.17) is 14.2 Å². The third-order valence-corrected chi connectivity index (χ3v) is 4.76. The van der Waals surface area contributed by atoms with Gasteiger partial charge >= 0.3 is 0 Å². The van der Waals surface area contributed by atoms with E-state index in [1.807, 2.05) is 24.3 Å². The van der Waals surface area contributed by atoms with Crippen LogP contribution in [0.2, 0.25) is 0 Å². The van der Waals surface area contributed by atoms with Gasteiger partial charge in [-0.3, -0.25) is 0 Å². The molecule has 0 radical (unpaired) electrons. The summed E-state index contributed by atoms with van der Waals surface area (Å²) in [7, 11) is 3.37. The maximum Gasteiger partial charge on any atom is 0.134 e. The molecule has 0 saturated carbocycles. The number of benzene rings is 2. The van der Waals surface area contributed by atoms with E-state index in [2.05, 4.69) is 19.1 Å². The van der Waals surface area contributed by atoms with Gasteiger partial charge in [-0.05, 0) is 18.6 Å². The van der Waals surface area contributed by atoms with Crippen molar-refractivity contribution in [3.63, 3.8) is 0 Å². The summed E-state index contributed by atoms with van der Waals surface area (Å²) in [5, 5.41) is 0. The summed E-state index contributed by atoms with van der Waals surface area (Å²) in [4.78, 5) is 0.